The summed E-state index contributed by atoms with van der Waals surface area (Å²) in [5.41, 5.74) is -0.575. The SMILES string of the molecule is COc1cc(C=C(C(=O)NCCC(C)C)C(=O)NCCC(C)C)cc([N+](=O)[O-])c1O. The Labute approximate surface area is 176 Å². The highest BCUT2D eigenvalue weighted by Crippen LogP contribution is 2.37. The molecule has 2 amide bonds. The van der Waals surface area contributed by atoms with Gasteiger partial charge < -0.3 is 20.5 Å². The number of phenols is 1. The van der Waals surface area contributed by atoms with Gasteiger partial charge in [0.2, 0.25) is 5.75 Å². The molecule has 0 fully saturated rings. The van der Waals surface area contributed by atoms with E-state index < -0.39 is 28.2 Å². The molecule has 0 atom stereocenters. The maximum atomic E-state index is 12.7. The molecule has 9 nitrogen and oxygen atoms in total. The van der Waals surface area contributed by atoms with Gasteiger partial charge in [0, 0.05) is 19.2 Å². The molecule has 0 spiro atoms. The highest BCUT2D eigenvalue weighted by Gasteiger charge is 2.22. The quantitative estimate of drug-likeness (QED) is 0.165. The molecule has 0 bridgehead atoms. The summed E-state index contributed by atoms with van der Waals surface area (Å²) < 4.78 is 4.98. The lowest BCUT2D eigenvalue weighted by Crippen LogP contribution is -2.36. The number of carbonyl (C=O) groups excluding carboxylic acids is 2. The summed E-state index contributed by atoms with van der Waals surface area (Å²) in [5, 5.41) is 26.6. The second-order valence-electron chi connectivity index (χ2n) is 7.78. The Hall–Kier alpha value is -3.10. The maximum absolute atomic E-state index is 12.7. The molecule has 1 aromatic rings. The number of nitrogens with zero attached hydrogens (tertiary/aromatic N) is 1. The molecule has 0 heterocycles. The molecule has 0 radical (unpaired) electrons. The Bertz CT molecular complexity index is 774. The monoisotopic (exact) mass is 421 g/mol. The van der Waals surface area contributed by atoms with Gasteiger partial charge in [-0.2, -0.15) is 0 Å². The van der Waals surface area contributed by atoms with Crippen molar-refractivity contribution in [2.75, 3.05) is 20.2 Å². The smallest absolute Gasteiger partial charge is 0.315 e. The maximum Gasteiger partial charge on any atom is 0.315 e. The van der Waals surface area contributed by atoms with Crippen molar-refractivity contribution < 1.29 is 24.4 Å². The lowest BCUT2D eigenvalue weighted by molar-refractivity contribution is -0.386. The topological polar surface area (TPSA) is 131 Å². The zero-order valence-corrected chi connectivity index (χ0v) is 18.2. The van der Waals surface area contributed by atoms with Crippen LogP contribution in [0.4, 0.5) is 5.69 Å². The molecule has 1 rings (SSSR count). The van der Waals surface area contributed by atoms with E-state index in [-0.39, 0.29) is 16.9 Å². The van der Waals surface area contributed by atoms with Gasteiger partial charge in [0.1, 0.15) is 5.57 Å². The van der Waals surface area contributed by atoms with Crippen LogP contribution in [-0.4, -0.2) is 42.0 Å². The van der Waals surface area contributed by atoms with E-state index in [0.29, 0.717) is 24.9 Å². The second-order valence-corrected chi connectivity index (χ2v) is 7.78. The first-order valence-electron chi connectivity index (χ1n) is 9.90. The van der Waals surface area contributed by atoms with E-state index in [1.54, 1.807) is 0 Å². The number of benzene rings is 1. The summed E-state index contributed by atoms with van der Waals surface area (Å²) in [6.45, 7) is 8.86. The van der Waals surface area contributed by atoms with Gasteiger partial charge >= 0.3 is 5.69 Å². The lowest BCUT2D eigenvalue weighted by Gasteiger charge is -2.12. The standard InChI is InChI=1S/C21H31N3O6/c1-13(2)6-8-22-20(26)16(21(27)23-9-7-14(3)4)10-15-11-17(24(28)29)19(25)18(12-15)30-5/h10-14,25H,6-9H2,1-5H3,(H,22,26)(H,23,27). The van der Waals surface area contributed by atoms with Crippen LogP contribution in [0.5, 0.6) is 11.5 Å². The van der Waals surface area contributed by atoms with Crippen LogP contribution in [0.1, 0.15) is 46.1 Å². The summed E-state index contributed by atoms with van der Waals surface area (Å²) in [7, 11) is 1.25. The number of carbonyl (C=O) groups is 2. The highest BCUT2D eigenvalue weighted by molar-refractivity contribution is 6.21. The van der Waals surface area contributed by atoms with Crippen LogP contribution in [0.15, 0.2) is 17.7 Å². The third kappa shape index (κ3) is 7.73. The van der Waals surface area contributed by atoms with Gasteiger partial charge in [-0.15, -0.1) is 0 Å². The summed E-state index contributed by atoms with van der Waals surface area (Å²) in [6, 6.07) is 2.41. The summed E-state index contributed by atoms with van der Waals surface area (Å²) in [5.74, 6) is -1.15. The number of nitro groups is 1. The van der Waals surface area contributed by atoms with Gasteiger partial charge in [0.25, 0.3) is 11.8 Å². The van der Waals surface area contributed by atoms with Crippen molar-refractivity contribution in [2.45, 2.75) is 40.5 Å². The van der Waals surface area contributed by atoms with Gasteiger partial charge in [-0.05, 0) is 42.4 Å². The average Bonchev–Trinajstić information content (AvgIpc) is 2.65. The molecule has 3 N–H and O–H groups in total. The summed E-state index contributed by atoms with van der Waals surface area (Å²) in [4.78, 5) is 35.8. The van der Waals surface area contributed by atoms with Crippen molar-refractivity contribution in [1.29, 1.82) is 0 Å². The molecule has 0 aliphatic carbocycles. The molecule has 166 valence electrons. The fourth-order valence-electron chi connectivity index (χ4n) is 2.53. The number of nitrogens with one attached hydrogen (secondary N) is 2. The van der Waals surface area contributed by atoms with Crippen LogP contribution < -0.4 is 15.4 Å². The Kier molecular flexibility index (Phi) is 9.80. The van der Waals surface area contributed by atoms with Crippen LogP contribution in [0.25, 0.3) is 6.08 Å². The van der Waals surface area contributed by atoms with Crippen LogP contribution in [0.2, 0.25) is 0 Å². The lowest BCUT2D eigenvalue weighted by atomic mass is 10.1. The highest BCUT2D eigenvalue weighted by atomic mass is 16.6. The first-order chi connectivity index (χ1) is 14.1. The van der Waals surface area contributed by atoms with Gasteiger partial charge in [-0.25, -0.2) is 0 Å². The zero-order chi connectivity index (χ0) is 22.8. The number of rotatable bonds is 11. The molecular weight excluding hydrogens is 390 g/mol. The van der Waals surface area contributed by atoms with Crippen molar-refractivity contribution in [1.82, 2.24) is 10.6 Å². The number of amides is 2. The molecule has 0 aromatic heterocycles. The Balaban J connectivity index is 3.26. The Morgan fingerprint density at radius 1 is 1.10 bits per heavy atom. The number of phenolic OH excluding ortho intramolecular Hbond substituents is 1. The first kappa shape index (κ1) is 24.9. The van der Waals surface area contributed by atoms with Crippen LogP contribution >= 0.6 is 0 Å². The Morgan fingerprint density at radius 2 is 1.60 bits per heavy atom. The first-order valence-corrected chi connectivity index (χ1v) is 9.90. The van der Waals surface area contributed by atoms with Gasteiger partial charge in [0.15, 0.2) is 5.75 Å². The third-order valence-electron chi connectivity index (χ3n) is 4.31. The molecule has 30 heavy (non-hydrogen) atoms. The van der Waals surface area contributed by atoms with E-state index in [9.17, 15) is 24.8 Å². The number of aromatic hydroxyl groups is 1. The van der Waals surface area contributed by atoms with Crippen LogP contribution in [-0.2, 0) is 9.59 Å². The summed E-state index contributed by atoms with van der Waals surface area (Å²) in [6.07, 6.45) is 2.74. The fraction of sp³-hybridized carbons (Fsp3) is 0.524. The van der Waals surface area contributed by atoms with Crippen molar-refractivity contribution in [2.24, 2.45) is 11.8 Å². The number of hydrogen-bond donors (Lipinski definition) is 3. The Morgan fingerprint density at radius 3 is 2.00 bits per heavy atom. The molecule has 0 aliphatic rings. The summed E-state index contributed by atoms with van der Waals surface area (Å²) >= 11 is 0. The molecular formula is C21H31N3O6. The third-order valence-corrected chi connectivity index (χ3v) is 4.31. The van der Waals surface area contributed by atoms with E-state index in [1.165, 1.54) is 19.3 Å². The number of methoxy groups -OCH3 is 1. The van der Waals surface area contributed by atoms with Crippen molar-refractivity contribution >= 4 is 23.6 Å². The minimum absolute atomic E-state index is 0.129. The average molecular weight is 421 g/mol. The van der Waals surface area contributed by atoms with E-state index in [4.69, 9.17) is 4.74 Å². The van der Waals surface area contributed by atoms with Crippen molar-refractivity contribution in [3.8, 4) is 11.5 Å². The van der Waals surface area contributed by atoms with E-state index in [0.717, 1.165) is 18.9 Å². The molecule has 0 unspecified atom stereocenters. The molecule has 0 saturated carbocycles. The normalized spacial score (nSPS) is 10.6. The largest absolute Gasteiger partial charge is 0.500 e. The van der Waals surface area contributed by atoms with E-state index >= 15 is 0 Å². The van der Waals surface area contributed by atoms with Gasteiger partial charge in [-0.3, -0.25) is 19.7 Å². The molecule has 0 saturated heterocycles. The zero-order valence-electron chi connectivity index (χ0n) is 18.2. The van der Waals surface area contributed by atoms with Crippen LogP contribution in [0.3, 0.4) is 0 Å². The van der Waals surface area contributed by atoms with Crippen molar-refractivity contribution in [3.05, 3.63) is 33.4 Å². The van der Waals surface area contributed by atoms with E-state index in [1.807, 2.05) is 27.7 Å². The fourth-order valence-corrected chi connectivity index (χ4v) is 2.53. The van der Waals surface area contributed by atoms with Crippen LogP contribution in [0, 0.1) is 22.0 Å². The van der Waals surface area contributed by atoms with Crippen molar-refractivity contribution in [3.63, 3.8) is 0 Å². The number of hydrogen-bond acceptors (Lipinski definition) is 6. The van der Waals surface area contributed by atoms with Gasteiger partial charge in [0.05, 0.1) is 12.0 Å². The minimum Gasteiger partial charge on any atom is -0.500 e. The predicted molar refractivity (Wildman–Crippen MR) is 114 cm³/mol. The van der Waals surface area contributed by atoms with E-state index in [2.05, 4.69) is 10.6 Å². The molecule has 9 heteroatoms. The van der Waals surface area contributed by atoms with Gasteiger partial charge in [-0.1, -0.05) is 27.7 Å². The molecule has 1 aromatic carbocycles. The second kappa shape index (κ2) is 11.8. The predicted octanol–water partition coefficient (Wildman–Crippen LogP) is 3.02. The molecule has 0 aliphatic heterocycles. The minimum atomic E-state index is -0.764. The number of ether oxygens (including phenoxy) is 1. The number of nitro benzene ring substituents is 1.